The van der Waals surface area contributed by atoms with Crippen molar-refractivity contribution in [3.8, 4) is 11.5 Å². The molecule has 0 N–H and O–H groups in total. The van der Waals surface area contributed by atoms with E-state index in [1.807, 2.05) is 0 Å². The third-order valence-electron chi connectivity index (χ3n) is 6.97. The Labute approximate surface area is 228 Å². The van der Waals surface area contributed by atoms with Crippen LogP contribution < -0.4 is 9.47 Å². The van der Waals surface area contributed by atoms with E-state index in [9.17, 15) is 9.18 Å². The smallest absolute Gasteiger partial charge is 0.343 e. The van der Waals surface area contributed by atoms with E-state index in [-0.39, 0.29) is 5.56 Å². The first-order chi connectivity index (χ1) is 18.6. The largest absolute Gasteiger partial charge is 0.494 e. The van der Waals surface area contributed by atoms with Crippen LogP contribution >= 0.6 is 0 Å². The number of carbonyl (C=O) groups is 1. The lowest BCUT2D eigenvalue weighted by Crippen LogP contribution is -2.27. The molecule has 0 unspecified atom stereocenters. The molecule has 1 heterocycles. The number of hydrogen-bond acceptors (Lipinski definition) is 5. The van der Waals surface area contributed by atoms with Crippen molar-refractivity contribution in [1.82, 2.24) is 0 Å². The van der Waals surface area contributed by atoms with E-state index in [1.165, 1.54) is 70.3 Å². The van der Waals surface area contributed by atoms with Crippen LogP contribution in [0, 0.1) is 11.7 Å². The van der Waals surface area contributed by atoms with Crippen LogP contribution in [0.15, 0.2) is 42.5 Å². The Morgan fingerprint density at radius 3 is 2.08 bits per heavy atom. The molecule has 5 nitrogen and oxygen atoms in total. The molecule has 2 aromatic rings. The lowest BCUT2D eigenvalue weighted by atomic mass is 10.0. The fourth-order valence-corrected chi connectivity index (χ4v) is 4.61. The number of esters is 1. The second kappa shape index (κ2) is 17.2. The number of hydrogen-bond donors (Lipinski definition) is 0. The third-order valence-corrected chi connectivity index (χ3v) is 6.97. The molecule has 1 fully saturated rings. The zero-order chi connectivity index (χ0) is 27.0. The van der Waals surface area contributed by atoms with Gasteiger partial charge in [-0.15, -0.1) is 0 Å². The summed E-state index contributed by atoms with van der Waals surface area (Å²) in [5, 5.41) is 0. The van der Waals surface area contributed by atoms with Crippen molar-refractivity contribution in [3.05, 3.63) is 59.4 Å². The van der Waals surface area contributed by atoms with Crippen molar-refractivity contribution in [1.29, 1.82) is 0 Å². The van der Waals surface area contributed by atoms with Gasteiger partial charge in [0.15, 0.2) is 6.29 Å². The van der Waals surface area contributed by atoms with E-state index in [0.717, 1.165) is 18.6 Å². The normalized spacial score (nSPS) is 17.3. The highest BCUT2D eigenvalue weighted by molar-refractivity contribution is 5.91. The first-order valence-corrected chi connectivity index (χ1v) is 14.6. The fourth-order valence-electron chi connectivity index (χ4n) is 4.61. The summed E-state index contributed by atoms with van der Waals surface area (Å²) in [6.45, 7) is 6.21. The summed E-state index contributed by atoms with van der Waals surface area (Å²) in [5.41, 5.74) is 0.435. The van der Waals surface area contributed by atoms with Crippen molar-refractivity contribution in [2.24, 2.45) is 5.92 Å². The molecule has 1 aliphatic rings. The Bertz CT molecular complexity index is 937. The Hall–Kier alpha value is -2.44. The van der Waals surface area contributed by atoms with Crippen LogP contribution in [0.2, 0.25) is 0 Å². The van der Waals surface area contributed by atoms with Crippen molar-refractivity contribution in [3.63, 3.8) is 0 Å². The predicted octanol–water partition coefficient (Wildman–Crippen LogP) is 8.81. The summed E-state index contributed by atoms with van der Waals surface area (Å²) < 4.78 is 37.7. The van der Waals surface area contributed by atoms with Gasteiger partial charge in [-0.2, -0.15) is 0 Å². The number of unbranched alkanes of at least 4 members (excludes halogenated alkanes) is 9. The minimum absolute atomic E-state index is 0.135. The van der Waals surface area contributed by atoms with E-state index < -0.39 is 18.1 Å². The van der Waals surface area contributed by atoms with Crippen molar-refractivity contribution in [2.45, 2.75) is 97.2 Å². The number of carbonyl (C=O) groups excluding carboxylic acids is 1. The molecule has 0 amide bonds. The van der Waals surface area contributed by atoms with Gasteiger partial charge in [-0.25, -0.2) is 9.18 Å². The zero-order valence-corrected chi connectivity index (χ0v) is 23.2. The van der Waals surface area contributed by atoms with Crippen molar-refractivity contribution in [2.75, 3.05) is 19.8 Å². The monoisotopic (exact) mass is 528 g/mol. The molecule has 0 radical (unpaired) electrons. The highest BCUT2D eigenvalue weighted by atomic mass is 19.1. The van der Waals surface area contributed by atoms with E-state index in [0.29, 0.717) is 37.1 Å². The second-order valence-corrected chi connectivity index (χ2v) is 10.3. The minimum Gasteiger partial charge on any atom is -0.494 e. The number of rotatable bonds is 17. The molecule has 0 aliphatic carbocycles. The number of halogens is 1. The maximum Gasteiger partial charge on any atom is 0.343 e. The molecule has 210 valence electrons. The Balaban J connectivity index is 1.40. The molecule has 0 aromatic heterocycles. The summed E-state index contributed by atoms with van der Waals surface area (Å²) in [7, 11) is 0. The van der Waals surface area contributed by atoms with Crippen LogP contribution in [0.3, 0.4) is 0 Å². The quantitative estimate of drug-likeness (QED) is 0.117. The van der Waals surface area contributed by atoms with Crippen LogP contribution in [-0.2, 0) is 9.47 Å². The van der Waals surface area contributed by atoms with Crippen LogP contribution in [0.1, 0.15) is 113 Å². The van der Waals surface area contributed by atoms with Gasteiger partial charge in [0.2, 0.25) is 0 Å². The summed E-state index contributed by atoms with van der Waals surface area (Å²) in [4.78, 5) is 12.6. The van der Waals surface area contributed by atoms with Crippen molar-refractivity contribution >= 4 is 5.97 Å². The molecule has 3 rings (SSSR count). The van der Waals surface area contributed by atoms with Gasteiger partial charge in [0.1, 0.15) is 17.3 Å². The van der Waals surface area contributed by atoms with Gasteiger partial charge in [0.25, 0.3) is 0 Å². The summed E-state index contributed by atoms with van der Waals surface area (Å²) in [6.07, 6.45) is 13.8. The van der Waals surface area contributed by atoms with E-state index in [4.69, 9.17) is 18.9 Å². The first kappa shape index (κ1) is 30.1. The fraction of sp³-hybridized carbons (Fsp3) is 0.594. The van der Waals surface area contributed by atoms with E-state index in [1.54, 1.807) is 36.4 Å². The highest BCUT2D eigenvalue weighted by Gasteiger charge is 2.26. The van der Waals surface area contributed by atoms with Gasteiger partial charge < -0.3 is 18.9 Å². The van der Waals surface area contributed by atoms with E-state index >= 15 is 0 Å². The molecule has 6 heteroatoms. The van der Waals surface area contributed by atoms with Gasteiger partial charge >= 0.3 is 5.97 Å². The highest BCUT2D eigenvalue weighted by Crippen LogP contribution is 2.30. The second-order valence-electron chi connectivity index (χ2n) is 10.3. The molecule has 1 aliphatic heterocycles. The molecule has 0 saturated carbocycles. The number of ether oxygens (including phenoxy) is 4. The van der Waals surface area contributed by atoms with Crippen LogP contribution in [0.5, 0.6) is 11.5 Å². The molecule has 0 spiro atoms. The Kier molecular flexibility index (Phi) is 13.6. The maximum absolute atomic E-state index is 14.9. The topological polar surface area (TPSA) is 54.0 Å². The molecule has 0 bridgehead atoms. The van der Waals surface area contributed by atoms with Gasteiger partial charge in [-0.05, 0) is 49.2 Å². The predicted molar refractivity (Wildman–Crippen MR) is 148 cm³/mol. The lowest BCUT2D eigenvalue weighted by Gasteiger charge is -2.30. The Morgan fingerprint density at radius 2 is 1.42 bits per heavy atom. The average Bonchev–Trinajstić information content (AvgIpc) is 2.94. The third kappa shape index (κ3) is 10.4. The maximum atomic E-state index is 14.9. The lowest BCUT2D eigenvalue weighted by molar-refractivity contribution is -0.207. The van der Waals surface area contributed by atoms with Gasteiger partial charge in [0.05, 0.1) is 25.4 Å². The SMILES string of the molecule is CCCCCCCCOc1ccc(OC(=O)c2ccc(C3OCC(CCCCCCC)CO3)c(F)c2)cc1. The summed E-state index contributed by atoms with van der Waals surface area (Å²) in [6, 6.07) is 11.2. The van der Waals surface area contributed by atoms with E-state index in [2.05, 4.69) is 13.8 Å². The molecule has 2 aromatic carbocycles. The van der Waals surface area contributed by atoms with Gasteiger partial charge in [0, 0.05) is 11.5 Å². The molecular weight excluding hydrogens is 483 g/mol. The van der Waals surface area contributed by atoms with Crippen LogP contribution in [0.25, 0.3) is 0 Å². The molecular formula is C32H45FO5. The summed E-state index contributed by atoms with van der Waals surface area (Å²) >= 11 is 0. The number of benzene rings is 2. The van der Waals surface area contributed by atoms with Crippen molar-refractivity contribution < 1.29 is 28.1 Å². The van der Waals surface area contributed by atoms with Gasteiger partial charge in [-0.3, -0.25) is 0 Å². The molecule has 0 atom stereocenters. The Morgan fingerprint density at radius 1 is 0.816 bits per heavy atom. The van der Waals surface area contributed by atoms with Gasteiger partial charge in [-0.1, -0.05) is 84.1 Å². The first-order valence-electron chi connectivity index (χ1n) is 14.6. The van der Waals surface area contributed by atoms with Crippen LogP contribution in [-0.4, -0.2) is 25.8 Å². The molecule has 1 saturated heterocycles. The minimum atomic E-state index is -0.750. The standard InChI is InChI=1S/C32H45FO5/c1-3-5-7-9-11-13-21-35-27-16-18-28(19-17-27)38-31(34)26-15-20-29(30(33)22-26)32-36-23-25(24-37-32)14-12-10-8-6-4-2/h15-20,22,25,32H,3-14,21,23-24H2,1-2H3. The average molecular weight is 529 g/mol. The van der Waals surface area contributed by atoms with Crippen LogP contribution in [0.4, 0.5) is 4.39 Å². The zero-order valence-electron chi connectivity index (χ0n) is 23.2. The molecule has 38 heavy (non-hydrogen) atoms. The summed E-state index contributed by atoms with van der Waals surface area (Å²) in [5.74, 6) is 0.300.